The predicted molar refractivity (Wildman–Crippen MR) is 107 cm³/mol. The summed E-state index contributed by atoms with van der Waals surface area (Å²) in [6.07, 6.45) is 0. The van der Waals surface area contributed by atoms with Crippen LogP contribution in [0.25, 0.3) is 10.8 Å². The highest BCUT2D eigenvalue weighted by molar-refractivity contribution is 7.99. The Morgan fingerprint density at radius 3 is 2.12 bits per heavy atom. The zero-order chi connectivity index (χ0) is 17.8. The molecular formula is C22H17NO2S. The van der Waals surface area contributed by atoms with Crippen molar-refractivity contribution in [3.05, 3.63) is 101 Å². The van der Waals surface area contributed by atoms with Crippen molar-refractivity contribution in [2.24, 2.45) is 0 Å². The molecule has 1 heterocycles. The zero-order valence-electron chi connectivity index (χ0n) is 14.0. The van der Waals surface area contributed by atoms with E-state index >= 15 is 0 Å². The molecule has 26 heavy (non-hydrogen) atoms. The molecule has 0 unspecified atom stereocenters. The van der Waals surface area contributed by atoms with Gasteiger partial charge in [-0.25, -0.2) is 4.79 Å². The van der Waals surface area contributed by atoms with Gasteiger partial charge in [0, 0.05) is 16.8 Å². The summed E-state index contributed by atoms with van der Waals surface area (Å²) in [7, 11) is 0. The molecule has 4 heteroatoms. The summed E-state index contributed by atoms with van der Waals surface area (Å²) in [6.45, 7) is 0.588. The third-order valence-electron chi connectivity index (χ3n) is 4.05. The van der Waals surface area contributed by atoms with Gasteiger partial charge < -0.3 is 9.73 Å². The van der Waals surface area contributed by atoms with Crippen molar-refractivity contribution in [2.75, 3.05) is 5.32 Å². The molecule has 0 saturated carbocycles. The van der Waals surface area contributed by atoms with Crippen LogP contribution in [0.3, 0.4) is 0 Å². The maximum absolute atomic E-state index is 12.4. The largest absolute Gasteiger partial charge is 0.405 e. The van der Waals surface area contributed by atoms with Gasteiger partial charge in [-0.1, -0.05) is 78.5 Å². The van der Waals surface area contributed by atoms with Crippen LogP contribution in [0.5, 0.6) is 0 Å². The van der Waals surface area contributed by atoms with Crippen LogP contribution in [0.4, 0.5) is 5.88 Å². The molecule has 0 aliphatic heterocycles. The lowest BCUT2D eigenvalue weighted by molar-refractivity contribution is 0.523. The molecular weight excluding hydrogens is 342 g/mol. The van der Waals surface area contributed by atoms with E-state index in [-0.39, 0.29) is 5.63 Å². The average Bonchev–Trinajstić information content (AvgIpc) is 2.70. The number of hydrogen-bond donors (Lipinski definition) is 1. The van der Waals surface area contributed by atoms with Gasteiger partial charge in [-0.05, 0) is 23.8 Å². The third kappa shape index (κ3) is 3.51. The number of fused-ring (bicyclic) bond motifs is 1. The molecule has 0 spiro atoms. The lowest BCUT2D eigenvalue weighted by Gasteiger charge is -2.13. The number of hydrogen-bond acceptors (Lipinski definition) is 4. The van der Waals surface area contributed by atoms with E-state index in [1.54, 1.807) is 17.8 Å². The normalized spacial score (nSPS) is 10.8. The topological polar surface area (TPSA) is 42.2 Å². The van der Waals surface area contributed by atoms with Gasteiger partial charge in [-0.2, -0.15) is 0 Å². The van der Waals surface area contributed by atoms with Crippen LogP contribution < -0.4 is 10.9 Å². The van der Waals surface area contributed by atoms with Crippen molar-refractivity contribution < 1.29 is 4.42 Å². The molecule has 3 aromatic carbocycles. The minimum absolute atomic E-state index is 0.325. The molecule has 0 radical (unpaired) electrons. The fourth-order valence-corrected chi connectivity index (χ4v) is 3.80. The second-order valence-electron chi connectivity index (χ2n) is 5.85. The maximum atomic E-state index is 12.4. The highest BCUT2D eigenvalue weighted by Gasteiger charge is 2.15. The van der Waals surface area contributed by atoms with E-state index in [4.69, 9.17) is 4.42 Å². The van der Waals surface area contributed by atoms with Crippen molar-refractivity contribution in [2.45, 2.75) is 16.3 Å². The molecule has 4 rings (SSSR count). The quantitative estimate of drug-likeness (QED) is 0.507. The fourth-order valence-electron chi connectivity index (χ4n) is 2.78. The van der Waals surface area contributed by atoms with Crippen LogP contribution in [-0.2, 0) is 6.54 Å². The van der Waals surface area contributed by atoms with Crippen LogP contribution in [-0.4, -0.2) is 0 Å². The Hall–Kier alpha value is -2.98. The number of rotatable bonds is 5. The molecule has 128 valence electrons. The van der Waals surface area contributed by atoms with Gasteiger partial charge in [0.25, 0.3) is 0 Å². The summed E-state index contributed by atoms with van der Waals surface area (Å²) < 4.78 is 5.63. The van der Waals surface area contributed by atoms with Crippen LogP contribution >= 0.6 is 11.8 Å². The van der Waals surface area contributed by atoms with E-state index in [9.17, 15) is 4.79 Å². The molecule has 3 nitrogen and oxygen atoms in total. The first-order chi connectivity index (χ1) is 12.8. The van der Waals surface area contributed by atoms with Gasteiger partial charge in [-0.3, -0.25) is 0 Å². The second kappa shape index (κ2) is 7.50. The van der Waals surface area contributed by atoms with E-state index in [1.807, 2.05) is 78.9 Å². The Balaban J connectivity index is 1.77. The molecule has 0 atom stereocenters. The summed E-state index contributed by atoms with van der Waals surface area (Å²) in [5.74, 6) is 0.506. The predicted octanol–water partition coefficient (Wildman–Crippen LogP) is 5.56. The first-order valence-corrected chi connectivity index (χ1v) is 9.19. The molecule has 0 aliphatic rings. The smallest absolute Gasteiger partial charge is 0.345 e. The van der Waals surface area contributed by atoms with E-state index < -0.39 is 0 Å². The van der Waals surface area contributed by atoms with E-state index in [2.05, 4.69) is 5.32 Å². The number of anilines is 1. The van der Waals surface area contributed by atoms with Gasteiger partial charge in [0.2, 0.25) is 5.88 Å². The second-order valence-corrected chi connectivity index (χ2v) is 6.93. The molecule has 1 aromatic heterocycles. The minimum atomic E-state index is -0.325. The van der Waals surface area contributed by atoms with Crippen LogP contribution in [0, 0.1) is 0 Å². The molecule has 0 aliphatic carbocycles. The van der Waals surface area contributed by atoms with Crippen molar-refractivity contribution in [1.29, 1.82) is 0 Å². The Kier molecular flexibility index (Phi) is 4.75. The van der Waals surface area contributed by atoms with Gasteiger partial charge in [0.15, 0.2) is 0 Å². The first-order valence-electron chi connectivity index (χ1n) is 8.38. The fraction of sp³-hybridized carbons (Fsp3) is 0.0455. The molecule has 0 bridgehead atoms. The Labute approximate surface area is 155 Å². The summed E-state index contributed by atoms with van der Waals surface area (Å²) in [4.78, 5) is 14.4. The molecule has 1 N–H and O–H groups in total. The Morgan fingerprint density at radius 1 is 0.769 bits per heavy atom. The molecule has 0 fully saturated rings. The van der Waals surface area contributed by atoms with Gasteiger partial charge in [0.1, 0.15) is 0 Å². The zero-order valence-corrected chi connectivity index (χ0v) is 14.8. The summed E-state index contributed by atoms with van der Waals surface area (Å²) >= 11 is 1.59. The lowest BCUT2D eigenvalue weighted by atomic mass is 10.2. The summed E-state index contributed by atoms with van der Waals surface area (Å²) in [5, 5.41) is 4.79. The van der Waals surface area contributed by atoms with E-state index in [1.165, 1.54) is 0 Å². The van der Waals surface area contributed by atoms with Crippen LogP contribution in [0.1, 0.15) is 5.56 Å². The highest BCUT2D eigenvalue weighted by atomic mass is 32.2. The average molecular weight is 359 g/mol. The first kappa shape index (κ1) is 16.5. The van der Waals surface area contributed by atoms with Gasteiger partial charge in [0.05, 0.1) is 10.3 Å². The molecule has 0 amide bonds. The third-order valence-corrected chi connectivity index (χ3v) is 5.17. The summed E-state index contributed by atoms with van der Waals surface area (Å²) in [5.41, 5.74) is 0.799. The summed E-state index contributed by atoms with van der Waals surface area (Å²) in [6, 6.07) is 27.7. The van der Waals surface area contributed by atoms with Crippen molar-refractivity contribution in [3.63, 3.8) is 0 Å². The van der Waals surface area contributed by atoms with E-state index in [0.717, 1.165) is 20.7 Å². The maximum Gasteiger partial charge on any atom is 0.345 e. The highest BCUT2D eigenvalue weighted by Crippen LogP contribution is 2.38. The number of nitrogens with one attached hydrogen (secondary N) is 1. The monoisotopic (exact) mass is 359 g/mol. The van der Waals surface area contributed by atoms with Crippen LogP contribution in [0.2, 0.25) is 0 Å². The van der Waals surface area contributed by atoms with E-state index in [0.29, 0.717) is 17.8 Å². The SMILES string of the molecule is O=c1oc(NCc2ccccc2)c(Sc2ccccc2)c2ccccc12. The Bertz CT molecular complexity index is 1080. The molecule has 4 aromatic rings. The molecule has 0 saturated heterocycles. The standard InChI is InChI=1S/C22H17NO2S/c24-22-19-14-8-7-13-18(19)20(26-17-11-5-2-6-12-17)21(25-22)23-15-16-9-3-1-4-10-16/h1-14,23H,15H2. The van der Waals surface area contributed by atoms with Crippen molar-refractivity contribution in [3.8, 4) is 0 Å². The lowest BCUT2D eigenvalue weighted by Crippen LogP contribution is -2.07. The minimum Gasteiger partial charge on any atom is -0.405 e. The van der Waals surface area contributed by atoms with Gasteiger partial charge in [-0.15, -0.1) is 0 Å². The van der Waals surface area contributed by atoms with Crippen LogP contribution in [0.15, 0.2) is 104 Å². The van der Waals surface area contributed by atoms with Gasteiger partial charge >= 0.3 is 5.63 Å². The number of benzene rings is 3. The Morgan fingerprint density at radius 2 is 1.38 bits per heavy atom. The van der Waals surface area contributed by atoms with Crippen molar-refractivity contribution in [1.82, 2.24) is 0 Å². The van der Waals surface area contributed by atoms with Crippen molar-refractivity contribution >= 4 is 28.4 Å².